The lowest BCUT2D eigenvalue weighted by Gasteiger charge is -2.34. The Bertz CT molecular complexity index is 1130. The average Bonchev–Trinajstić information content (AvgIpc) is 3.15. The van der Waals surface area contributed by atoms with Crippen molar-refractivity contribution in [1.29, 1.82) is 0 Å². The molecule has 1 fully saturated rings. The number of thiazole rings is 1. The number of nitro groups is 1. The van der Waals surface area contributed by atoms with Gasteiger partial charge in [-0.3, -0.25) is 14.9 Å². The normalized spacial score (nSPS) is 14.4. The van der Waals surface area contributed by atoms with Crippen molar-refractivity contribution in [3.05, 3.63) is 61.6 Å². The minimum Gasteiger partial charge on any atom is -0.345 e. The smallest absolute Gasteiger partial charge is 0.282 e. The summed E-state index contributed by atoms with van der Waals surface area (Å²) < 4.78 is 1.06. The van der Waals surface area contributed by atoms with Crippen LogP contribution in [0.3, 0.4) is 0 Å². The number of halogens is 2. The SMILES string of the molecule is Cc1c(Cl)ccc2sc(N3CCN(C(=O)c4cc(Cl)ccc4[N+](=O)[O-])CC3)nc12. The highest BCUT2D eigenvalue weighted by Gasteiger charge is 2.28. The molecular formula is C19H16Cl2N4O3S. The molecule has 150 valence electrons. The zero-order valence-electron chi connectivity index (χ0n) is 15.4. The van der Waals surface area contributed by atoms with E-state index in [0.29, 0.717) is 36.2 Å². The molecule has 1 amide bonds. The predicted octanol–water partition coefficient (Wildman–Crippen LogP) is 4.78. The van der Waals surface area contributed by atoms with Gasteiger partial charge in [0, 0.05) is 42.3 Å². The highest BCUT2D eigenvalue weighted by molar-refractivity contribution is 7.22. The minimum atomic E-state index is -0.561. The Labute approximate surface area is 180 Å². The molecule has 3 aromatic rings. The van der Waals surface area contributed by atoms with E-state index in [1.54, 1.807) is 16.2 Å². The quantitative estimate of drug-likeness (QED) is 0.423. The molecule has 29 heavy (non-hydrogen) atoms. The molecule has 1 aromatic heterocycles. The zero-order chi connectivity index (χ0) is 20.7. The molecule has 0 atom stereocenters. The molecule has 0 spiro atoms. The first-order valence-corrected chi connectivity index (χ1v) is 10.5. The topological polar surface area (TPSA) is 79.6 Å². The first-order valence-electron chi connectivity index (χ1n) is 8.89. The van der Waals surface area contributed by atoms with Gasteiger partial charge in [0.05, 0.1) is 15.1 Å². The summed E-state index contributed by atoms with van der Waals surface area (Å²) in [6.45, 7) is 4.01. The van der Waals surface area contributed by atoms with Crippen LogP contribution in [0.2, 0.25) is 10.0 Å². The number of aryl methyl sites for hydroxylation is 1. The van der Waals surface area contributed by atoms with E-state index in [-0.39, 0.29) is 17.2 Å². The lowest BCUT2D eigenvalue weighted by molar-refractivity contribution is -0.385. The Morgan fingerprint density at radius 3 is 2.59 bits per heavy atom. The number of piperazine rings is 1. The number of rotatable bonds is 3. The molecule has 0 aliphatic carbocycles. The van der Waals surface area contributed by atoms with Crippen LogP contribution in [0.15, 0.2) is 30.3 Å². The number of carbonyl (C=O) groups excluding carboxylic acids is 1. The van der Waals surface area contributed by atoms with E-state index < -0.39 is 4.92 Å². The molecular weight excluding hydrogens is 435 g/mol. The molecule has 2 aromatic carbocycles. The number of nitro benzene ring substituents is 1. The van der Waals surface area contributed by atoms with Gasteiger partial charge in [0.1, 0.15) is 5.56 Å². The second kappa shape index (κ2) is 7.78. The van der Waals surface area contributed by atoms with Gasteiger partial charge in [-0.05, 0) is 36.8 Å². The predicted molar refractivity (Wildman–Crippen MR) is 116 cm³/mol. The maximum atomic E-state index is 12.9. The van der Waals surface area contributed by atoms with Crippen molar-refractivity contribution < 1.29 is 9.72 Å². The molecule has 1 saturated heterocycles. The van der Waals surface area contributed by atoms with Gasteiger partial charge in [-0.25, -0.2) is 4.98 Å². The van der Waals surface area contributed by atoms with Crippen LogP contribution >= 0.6 is 34.5 Å². The second-order valence-corrected chi connectivity index (χ2v) is 8.57. The third-order valence-corrected chi connectivity index (χ3v) is 6.69. The summed E-state index contributed by atoms with van der Waals surface area (Å²) in [7, 11) is 0. The number of benzene rings is 2. The highest BCUT2D eigenvalue weighted by atomic mass is 35.5. The second-order valence-electron chi connectivity index (χ2n) is 6.71. The molecule has 0 saturated carbocycles. The number of aromatic nitrogens is 1. The van der Waals surface area contributed by atoms with E-state index in [1.165, 1.54) is 18.2 Å². The van der Waals surface area contributed by atoms with E-state index in [0.717, 1.165) is 20.9 Å². The summed E-state index contributed by atoms with van der Waals surface area (Å²) in [5.41, 5.74) is 1.63. The average molecular weight is 451 g/mol. The summed E-state index contributed by atoms with van der Waals surface area (Å²) in [4.78, 5) is 32.0. The van der Waals surface area contributed by atoms with Crippen LogP contribution in [-0.4, -0.2) is 46.9 Å². The van der Waals surface area contributed by atoms with E-state index >= 15 is 0 Å². The van der Waals surface area contributed by atoms with E-state index in [9.17, 15) is 14.9 Å². The lowest BCUT2D eigenvalue weighted by atomic mass is 10.1. The summed E-state index contributed by atoms with van der Waals surface area (Å²) in [5.74, 6) is -0.384. The first-order chi connectivity index (χ1) is 13.8. The van der Waals surface area contributed by atoms with Gasteiger partial charge in [-0.15, -0.1) is 0 Å². The van der Waals surface area contributed by atoms with Crippen molar-refractivity contribution in [1.82, 2.24) is 9.88 Å². The number of hydrogen-bond acceptors (Lipinski definition) is 6. The van der Waals surface area contributed by atoms with Gasteiger partial charge in [0.25, 0.3) is 11.6 Å². The molecule has 1 aliphatic rings. The van der Waals surface area contributed by atoms with Gasteiger partial charge in [0.2, 0.25) is 0 Å². The summed E-state index contributed by atoms with van der Waals surface area (Å²) in [6.07, 6.45) is 0. The molecule has 0 unspecified atom stereocenters. The number of nitrogens with zero attached hydrogens (tertiary/aromatic N) is 4. The fraction of sp³-hybridized carbons (Fsp3) is 0.263. The minimum absolute atomic E-state index is 0.0150. The number of amides is 1. The number of hydrogen-bond donors (Lipinski definition) is 0. The van der Waals surface area contributed by atoms with Crippen LogP contribution in [0.25, 0.3) is 10.2 Å². The van der Waals surface area contributed by atoms with Crippen molar-refractivity contribution >= 4 is 61.5 Å². The van der Waals surface area contributed by atoms with Crippen molar-refractivity contribution in [3.8, 4) is 0 Å². The maximum Gasteiger partial charge on any atom is 0.282 e. The molecule has 7 nitrogen and oxygen atoms in total. The van der Waals surface area contributed by atoms with Crippen LogP contribution in [0.4, 0.5) is 10.8 Å². The summed E-state index contributed by atoms with van der Waals surface area (Å²) in [5, 5.41) is 13.1. The largest absolute Gasteiger partial charge is 0.345 e. The highest BCUT2D eigenvalue weighted by Crippen LogP contribution is 2.34. The Balaban J connectivity index is 1.51. The van der Waals surface area contributed by atoms with Gasteiger partial charge in [-0.1, -0.05) is 34.5 Å². The van der Waals surface area contributed by atoms with Crippen LogP contribution in [-0.2, 0) is 0 Å². The molecule has 0 bridgehead atoms. The first kappa shape index (κ1) is 19.9. The number of fused-ring (bicyclic) bond motifs is 1. The Hall–Kier alpha value is -2.42. The lowest BCUT2D eigenvalue weighted by Crippen LogP contribution is -2.48. The molecule has 4 rings (SSSR count). The van der Waals surface area contributed by atoms with Crippen molar-refractivity contribution in [2.45, 2.75) is 6.92 Å². The molecule has 0 radical (unpaired) electrons. The third kappa shape index (κ3) is 3.75. The van der Waals surface area contributed by atoms with Crippen LogP contribution in [0.1, 0.15) is 15.9 Å². The molecule has 1 aliphatic heterocycles. The van der Waals surface area contributed by atoms with E-state index in [1.807, 2.05) is 19.1 Å². The molecule has 2 heterocycles. The summed E-state index contributed by atoms with van der Waals surface area (Å²) >= 11 is 13.7. The van der Waals surface area contributed by atoms with Crippen molar-refractivity contribution in [2.75, 3.05) is 31.1 Å². The van der Waals surface area contributed by atoms with Crippen LogP contribution < -0.4 is 4.90 Å². The molecule has 0 N–H and O–H groups in total. The fourth-order valence-corrected chi connectivity index (χ4v) is 4.74. The zero-order valence-corrected chi connectivity index (χ0v) is 17.7. The Morgan fingerprint density at radius 2 is 1.90 bits per heavy atom. The Morgan fingerprint density at radius 1 is 1.17 bits per heavy atom. The van der Waals surface area contributed by atoms with Gasteiger partial charge >= 0.3 is 0 Å². The van der Waals surface area contributed by atoms with Crippen LogP contribution in [0.5, 0.6) is 0 Å². The maximum absolute atomic E-state index is 12.9. The van der Waals surface area contributed by atoms with Crippen molar-refractivity contribution in [3.63, 3.8) is 0 Å². The number of carbonyl (C=O) groups is 1. The number of anilines is 1. The van der Waals surface area contributed by atoms with E-state index in [4.69, 9.17) is 28.2 Å². The van der Waals surface area contributed by atoms with Gasteiger partial charge in [0.15, 0.2) is 5.13 Å². The summed E-state index contributed by atoms with van der Waals surface area (Å²) in [6, 6.07) is 7.87. The fourth-order valence-electron chi connectivity index (χ4n) is 3.33. The van der Waals surface area contributed by atoms with Gasteiger partial charge < -0.3 is 9.80 Å². The third-order valence-electron chi connectivity index (χ3n) is 4.96. The monoisotopic (exact) mass is 450 g/mol. The van der Waals surface area contributed by atoms with Crippen molar-refractivity contribution in [2.24, 2.45) is 0 Å². The van der Waals surface area contributed by atoms with E-state index in [2.05, 4.69) is 4.90 Å². The van der Waals surface area contributed by atoms with Gasteiger partial charge in [-0.2, -0.15) is 0 Å². The molecule has 10 heteroatoms. The Kier molecular flexibility index (Phi) is 5.33. The standard InChI is InChI=1S/C19H16Cl2N4O3S/c1-11-14(21)3-5-16-17(11)22-19(29-16)24-8-6-23(7-9-24)18(26)13-10-12(20)2-4-15(13)25(27)28/h2-5,10H,6-9H2,1H3. The van der Waals surface area contributed by atoms with Crippen LogP contribution in [0, 0.1) is 17.0 Å².